The second kappa shape index (κ2) is 5.95. The highest BCUT2D eigenvalue weighted by Crippen LogP contribution is 2.25. The highest BCUT2D eigenvalue weighted by Gasteiger charge is 2.06. The topological polar surface area (TPSA) is 52.5 Å². The maximum absolute atomic E-state index is 9.42. The molecule has 0 aliphatic rings. The molecular weight excluding hydrogens is 262 g/mol. The second-order valence-corrected chi connectivity index (χ2v) is 4.92. The quantitative estimate of drug-likeness (QED) is 0.749. The monoisotopic (exact) mass is 277 g/mol. The summed E-state index contributed by atoms with van der Waals surface area (Å²) in [6.45, 7) is 2.65. The third kappa shape index (κ3) is 3.63. The minimum atomic E-state index is -0.105. The zero-order valence-electron chi connectivity index (χ0n) is 10.6. The Bertz CT molecular complexity index is 572. The van der Waals surface area contributed by atoms with Crippen LogP contribution in [0.15, 0.2) is 42.5 Å². The molecule has 0 heterocycles. The van der Waals surface area contributed by atoms with E-state index in [1.54, 1.807) is 12.1 Å². The van der Waals surface area contributed by atoms with Gasteiger partial charge in [0.1, 0.15) is 0 Å². The fourth-order valence-corrected chi connectivity index (χ4v) is 2.04. The summed E-state index contributed by atoms with van der Waals surface area (Å²) in [6, 6.07) is 12.6. The summed E-state index contributed by atoms with van der Waals surface area (Å²) in [6.07, 6.45) is 0. The lowest BCUT2D eigenvalue weighted by Gasteiger charge is -2.15. The summed E-state index contributed by atoms with van der Waals surface area (Å²) in [4.78, 5) is 0. The number of hydrogen-bond acceptors (Lipinski definition) is 3. The van der Waals surface area contributed by atoms with Gasteiger partial charge in [0, 0.05) is 17.6 Å². The number of phenolic OH excluding ortho intramolecular Hbond substituents is 2. The van der Waals surface area contributed by atoms with Crippen LogP contribution in [0.1, 0.15) is 24.1 Å². The van der Waals surface area contributed by atoms with Crippen molar-refractivity contribution < 1.29 is 10.2 Å². The van der Waals surface area contributed by atoms with E-state index in [1.165, 1.54) is 6.07 Å². The number of benzene rings is 2. The van der Waals surface area contributed by atoms with Gasteiger partial charge in [0.15, 0.2) is 11.5 Å². The Morgan fingerprint density at radius 1 is 1.11 bits per heavy atom. The van der Waals surface area contributed by atoms with Gasteiger partial charge in [-0.2, -0.15) is 0 Å². The molecule has 3 nitrogen and oxygen atoms in total. The van der Waals surface area contributed by atoms with E-state index in [1.807, 2.05) is 31.2 Å². The van der Waals surface area contributed by atoms with Crippen molar-refractivity contribution >= 4 is 11.6 Å². The summed E-state index contributed by atoms with van der Waals surface area (Å²) in [5.74, 6) is -0.207. The van der Waals surface area contributed by atoms with Gasteiger partial charge in [-0.1, -0.05) is 29.8 Å². The molecule has 100 valence electrons. The third-order valence-corrected chi connectivity index (χ3v) is 3.24. The minimum absolute atomic E-state index is 0.102. The lowest BCUT2D eigenvalue weighted by molar-refractivity contribution is 0.402. The molecule has 2 rings (SSSR count). The maximum atomic E-state index is 9.42. The van der Waals surface area contributed by atoms with Crippen molar-refractivity contribution in [3.63, 3.8) is 0 Å². The van der Waals surface area contributed by atoms with Crippen LogP contribution in [0, 0.1) is 0 Å². The first-order valence-corrected chi connectivity index (χ1v) is 6.44. The lowest BCUT2D eigenvalue weighted by Crippen LogP contribution is -2.17. The minimum Gasteiger partial charge on any atom is -0.504 e. The molecule has 0 amide bonds. The van der Waals surface area contributed by atoms with Crippen LogP contribution < -0.4 is 5.32 Å². The smallest absolute Gasteiger partial charge is 0.157 e. The Morgan fingerprint density at radius 2 is 1.89 bits per heavy atom. The number of phenols is 2. The normalized spacial score (nSPS) is 12.3. The Kier molecular flexibility index (Phi) is 4.30. The summed E-state index contributed by atoms with van der Waals surface area (Å²) in [7, 11) is 0. The van der Waals surface area contributed by atoms with Crippen molar-refractivity contribution in [2.45, 2.75) is 19.5 Å². The fraction of sp³-hybridized carbons (Fsp3) is 0.200. The molecule has 0 saturated carbocycles. The summed E-state index contributed by atoms with van der Waals surface area (Å²) in [5, 5.41) is 22.7. The van der Waals surface area contributed by atoms with E-state index >= 15 is 0 Å². The van der Waals surface area contributed by atoms with E-state index in [2.05, 4.69) is 5.32 Å². The van der Waals surface area contributed by atoms with E-state index < -0.39 is 0 Å². The molecule has 19 heavy (non-hydrogen) atoms. The molecule has 0 radical (unpaired) electrons. The van der Waals surface area contributed by atoms with Crippen molar-refractivity contribution in [1.82, 2.24) is 5.32 Å². The molecule has 3 N–H and O–H groups in total. The van der Waals surface area contributed by atoms with Crippen LogP contribution in [0.2, 0.25) is 5.02 Å². The van der Waals surface area contributed by atoms with Gasteiger partial charge in [-0.05, 0) is 42.3 Å². The first kappa shape index (κ1) is 13.7. The Morgan fingerprint density at radius 3 is 2.58 bits per heavy atom. The van der Waals surface area contributed by atoms with E-state index in [0.29, 0.717) is 11.6 Å². The molecule has 4 heteroatoms. The van der Waals surface area contributed by atoms with Gasteiger partial charge < -0.3 is 15.5 Å². The van der Waals surface area contributed by atoms with Gasteiger partial charge in [0.2, 0.25) is 0 Å². The largest absolute Gasteiger partial charge is 0.504 e. The predicted octanol–water partition coefficient (Wildman–Crippen LogP) is 3.60. The molecule has 2 aromatic carbocycles. The third-order valence-electron chi connectivity index (χ3n) is 3.00. The lowest BCUT2D eigenvalue weighted by atomic mass is 10.1. The van der Waals surface area contributed by atoms with Crippen molar-refractivity contribution in [3.05, 3.63) is 58.6 Å². The fourth-order valence-electron chi connectivity index (χ4n) is 1.84. The van der Waals surface area contributed by atoms with Crippen molar-refractivity contribution in [2.75, 3.05) is 0 Å². The average Bonchev–Trinajstić information content (AvgIpc) is 2.40. The Hall–Kier alpha value is -1.71. The number of rotatable bonds is 4. The van der Waals surface area contributed by atoms with E-state index in [0.717, 1.165) is 11.1 Å². The van der Waals surface area contributed by atoms with Crippen LogP contribution in [0.25, 0.3) is 0 Å². The molecule has 1 atom stereocenters. The second-order valence-electron chi connectivity index (χ2n) is 4.48. The molecule has 0 unspecified atom stereocenters. The summed E-state index contributed by atoms with van der Waals surface area (Å²) in [5.41, 5.74) is 2.01. The molecular formula is C15H16ClNO2. The van der Waals surface area contributed by atoms with Gasteiger partial charge in [-0.15, -0.1) is 0 Å². The zero-order chi connectivity index (χ0) is 13.8. The molecule has 2 aromatic rings. The van der Waals surface area contributed by atoms with Crippen LogP contribution in [-0.4, -0.2) is 10.2 Å². The number of hydrogen-bond donors (Lipinski definition) is 3. The van der Waals surface area contributed by atoms with Gasteiger partial charge >= 0.3 is 0 Å². The molecule has 0 aliphatic carbocycles. The highest BCUT2D eigenvalue weighted by atomic mass is 35.5. The first-order valence-electron chi connectivity index (χ1n) is 6.06. The average molecular weight is 278 g/mol. The SMILES string of the molecule is C[C@@H](NCc1ccc(O)c(O)c1)c1cccc(Cl)c1. The number of halogens is 1. The molecule has 0 saturated heterocycles. The van der Waals surface area contributed by atoms with Crippen molar-refractivity contribution in [3.8, 4) is 11.5 Å². The van der Waals surface area contributed by atoms with Crippen molar-refractivity contribution in [1.29, 1.82) is 0 Å². The summed E-state index contributed by atoms with van der Waals surface area (Å²) < 4.78 is 0. The van der Waals surface area contributed by atoms with Gasteiger partial charge in [-0.3, -0.25) is 0 Å². The van der Waals surface area contributed by atoms with E-state index in [4.69, 9.17) is 11.6 Å². The van der Waals surface area contributed by atoms with Crippen LogP contribution in [-0.2, 0) is 6.54 Å². The molecule has 0 bridgehead atoms. The van der Waals surface area contributed by atoms with Gasteiger partial charge in [-0.25, -0.2) is 0 Å². The number of nitrogens with one attached hydrogen (secondary N) is 1. The number of aromatic hydroxyl groups is 2. The standard InChI is InChI=1S/C15H16ClNO2/c1-10(12-3-2-4-13(16)8-12)17-9-11-5-6-14(18)15(19)7-11/h2-8,10,17-19H,9H2,1H3/t10-/m1/s1. The van der Waals surface area contributed by atoms with Crippen LogP contribution in [0.3, 0.4) is 0 Å². The first-order chi connectivity index (χ1) is 9.06. The molecule has 0 aromatic heterocycles. The van der Waals surface area contributed by atoms with Crippen molar-refractivity contribution in [2.24, 2.45) is 0 Å². The zero-order valence-corrected chi connectivity index (χ0v) is 11.4. The van der Waals surface area contributed by atoms with Gasteiger partial charge in [0.05, 0.1) is 0 Å². The Labute approximate surface area is 117 Å². The molecule has 0 spiro atoms. The molecule has 0 fully saturated rings. The predicted molar refractivity (Wildman–Crippen MR) is 76.5 cm³/mol. The van der Waals surface area contributed by atoms with Gasteiger partial charge in [0.25, 0.3) is 0 Å². The summed E-state index contributed by atoms with van der Waals surface area (Å²) >= 11 is 5.96. The van der Waals surface area contributed by atoms with Crippen LogP contribution >= 0.6 is 11.6 Å². The van der Waals surface area contributed by atoms with E-state index in [-0.39, 0.29) is 17.5 Å². The maximum Gasteiger partial charge on any atom is 0.157 e. The highest BCUT2D eigenvalue weighted by molar-refractivity contribution is 6.30. The van der Waals surface area contributed by atoms with E-state index in [9.17, 15) is 10.2 Å². The van der Waals surface area contributed by atoms with Crippen LogP contribution in [0.5, 0.6) is 11.5 Å². The van der Waals surface area contributed by atoms with Crippen LogP contribution in [0.4, 0.5) is 0 Å². The Balaban J connectivity index is 2.00. The molecule has 0 aliphatic heterocycles.